The Kier molecular flexibility index (Phi) is 11.7. The van der Waals surface area contributed by atoms with E-state index in [9.17, 15) is 9.59 Å². The molecular formula is C37H44N4O3S. The van der Waals surface area contributed by atoms with Crippen LogP contribution < -0.4 is 10.1 Å². The van der Waals surface area contributed by atoms with Gasteiger partial charge >= 0.3 is 0 Å². The van der Waals surface area contributed by atoms with Crippen molar-refractivity contribution in [3.8, 4) is 28.3 Å². The summed E-state index contributed by atoms with van der Waals surface area (Å²) in [7, 11) is 0. The molecule has 2 amide bonds. The number of nitrogens with one attached hydrogen (secondary N) is 1. The fourth-order valence-corrected chi connectivity index (χ4v) is 6.42. The largest absolute Gasteiger partial charge is 0.494 e. The Balaban J connectivity index is 1.19. The second kappa shape index (κ2) is 16.3. The fraction of sp³-hybridized carbons (Fsp3) is 0.405. The normalized spacial score (nSPS) is 13.5. The summed E-state index contributed by atoms with van der Waals surface area (Å²) in [5.74, 6) is 1.31. The number of unbranched alkanes of at least 4 members (excludes halogenated alkanes) is 4. The number of benzene rings is 2. The number of likely N-dealkylation sites (tertiary alicyclic amines) is 1. The molecule has 5 rings (SSSR count). The van der Waals surface area contributed by atoms with Gasteiger partial charge in [0.15, 0.2) is 5.82 Å². The number of rotatable bonds is 15. The molecule has 4 aromatic rings. The van der Waals surface area contributed by atoms with Gasteiger partial charge in [-0.3, -0.25) is 9.59 Å². The number of carbonyl (C=O) groups excluding carboxylic acids is 2. The molecule has 0 saturated carbocycles. The van der Waals surface area contributed by atoms with E-state index in [0.717, 1.165) is 78.3 Å². The van der Waals surface area contributed by atoms with Crippen LogP contribution in [0.15, 0.2) is 73.1 Å². The van der Waals surface area contributed by atoms with Crippen LogP contribution in [0, 0.1) is 0 Å². The van der Waals surface area contributed by atoms with E-state index in [2.05, 4.69) is 29.1 Å². The lowest BCUT2D eigenvalue weighted by Gasteiger charge is -2.24. The van der Waals surface area contributed by atoms with E-state index in [0.29, 0.717) is 17.1 Å². The smallest absolute Gasteiger partial charge is 0.262 e. The summed E-state index contributed by atoms with van der Waals surface area (Å²) < 4.78 is 5.90. The summed E-state index contributed by atoms with van der Waals surface area (Å²) in [6.07, 6.45) is 13.1. The summed E-state index contributed by atoms with van der Waals surface area (Å²) in [5, 5.41) is 3.03. The minimum Gasteiger partial charge on any atom is -0.494 e. The highest BCUT2D eigenvalue weighted by molar-refractivity contribution is 7.14. The second-order valence-electron chi connectivity index (χ2n) is 11.7. The number of amides is 2. The monoisotopic (exact) mass is 624 g/mol. The quantitative estimate of drug-likeness (QED) is 0.137. The van der Waals surface area contributed by atoms with Crippen LogP contribution in [-0.2, 0) is 17.6 Å². The van der Waals surface area contributed by atoms with Crippen LogP contribution in [0.1, 0.15) is 78.9 Å². The van der Waals surface area contributed by atoms with Crippen molar-refractivity contribution in [3.63, 3.8) is 0 Å². The number of nitrogens with zero attached hydrogens (tertiary/aromatic N) is 3. The minimum atomic E-state index is -0.619. The lowest BCUT2D eigenvalue weighted by atomic mass is 10.0. The van der Waals surface area contributed by atoms with E-state index in [1.165, 1.54) is 37.0 Å². The van der Waals surface area contributed by atoms with Crippen LogP contribution in [0.4, 0.5) is 0 Å². The highest BCUT2D eigenvalue weighted by Gasteiger charge is 2.28. The standard InChI is InChI=1S/C37H44N4O3S/c1-3-5-6-7-10-23-44-31-17-15-28(16-18-31)30-25-38-35(39-26-30)29-13-11-27(12-14-29)24-33(37(43)41-21-8-9-22-41)40-36(42)34-20-19-32(4-2)45-34/h11-20,25-26,33H,3-10,21-24H2,1-2H3,(H,40,42). The van der Waals surface area contributed by atoms with Crippen molar-refractivity contribution in [1.82, 2.24) is 20.2 Å². The van der Waals surface area contributed by atoms with Gasteiger partial charge in [-0.05, 0) is 61.1 Å². The molecule has 236 valence electrons. The Morgan fingerprint density at radius 2 is 1.53 bits per heavy atom. The van der Waals surface area contributed by atoms with Crippen molar-refractivity contribution >= 4 is 23.2 Å². The zero-order chi connectivity index (χ0) is 31.4. The maximum absolute atomic E-state index is 13.4. The van der Waals surface area contributed by atoms with Crippen molar-refractivity contribution < 1.29 is 14.3 Å². The highest BCUT2D eigenvalue weighted by atomic mass is 32.1. The van der Waals surface area contributed by atoms with Crippen molar-refractivity contribution in [1.29, 1.82) is 0 Å². The molecule has 3 heterocycles. The first-order valence-corrected chi connectivity index (χ1v) is 17.2. The summed E-state index contributed by atoms with van der Waals surface area (Å²) in [6, 6.07) is 19.2. The van der Waals surface area contributed by atoms with Gasteiger partial charge < -0.3 is 15.0 Å². The average molecular weight is 625 g/mol. The average Bonchev–Trinajstić information content (AvgIpc) is 3.80. The Hall–Kier alpha value is -4.04. The van der Waals surface area contributed by atoms with Crippen LogP contribution in [0.2, 0.25) is 0 Å². The molecule has 1 fully saturated rings. The number of hydrogen-bond acceptors (Lipinski definition) is 6. The maximum Gasteiger partial charge on any atom is 0.262 e. The zero-order valence-electron chi connectivity index (χ0n) is 26.5. The molecule has 1 N–H and O–H groups in total. The summed E-state index contributed by atoms with van der Waals surface area (Å²) in [6.45, 7) is 6.53. The molecule has 0 radical (unpaired) electrons. The number of carbonyl (C=O) groups is 2. The highest BCUT2D eigenvalue weighted by Crippen LogP contribution is 2.24. The van der Waals surface area contributed by atoms with Crippen LogP contribution in [0.3, 0.4) is 0 Å². The summed E-state index contributed by atoms with van der Waals surface area (Å²) >= 11 is 1.48. The number of thiophene rings is 1. The van der Waals surface area contributed by atoms with E-state index in [1.54, 1.807) is 0 Å². The van der Waals surface area contributed by atoms with Crippen molar-refractivity contribution in [2.24, 2.45) is 0 Å². The predicted octanol–water partition coefficient (Wildman–Crippen LogP) is 7.75. The van der Waals surface area contributed by atoms with Crippen LogP contribution in [0.5, 0.6) is 5.75 Å². The molecule has 8 heteroatoms. The third-order valence-corrected chi connectivity index (χ3v) is 9.49. The van der Waals surface area contributed by atoms with Gasteiger partial charge in [0, 0.05) is 47.9 Å². The molecule has 0 spiro atoms. The van der Waals surface area contributed by atoms with E-state index >= 15 is 0 Å². The summed E-state index contributed by atoms with van der Waals surface area (Å²) in [5.41, 5.74) is 3.84. The van der Waals surface area contributed by atoms with Crippen LogP contribution in [0.25, 0.3) is 22.5 Å². The molecule has 2 aromatic heterocycles. The SMILES string of the molecule is CCCCCCCOc1ccc(-c2cnc(-c3ccc(CC(NC(=O)c4ccc(CC)s4)C(=O)N4CCCC4)cc3)nc2)cc1. The second-order valence-corrected chi connectivity index (χ2v) is 12.8. The molecule has 1 aliphatic rings. The maximum atomic E-state index is 13.4. The van der Waals surface area contributed by atoms with Gasteiger partial charge in [-0.2, -0.15) is 0 Å². The van der Waals surface area contributed by atoms with E-state index < -0.39 is 6.04 Å². The third-order valence-electron chi connectivity index (χ3n) is 8.26. The molecule has 45 heavy (non-hydrogen) atoms. The molecule has 2 aromatic carbocycles. The topological polar surface area (TPSA) is 84.4 Å². The first-order chi connectivity index (χ1) is 22.0. The van der Waals surface area contributed by atoms with Crippen LogP contribution >= 0.6 is 11.3 Å². The Bertz CT molecular complexity index is 1510. The Morgan fingerprint density at radius 3 is 2.20 bits per heavy atom. The van der Waals surface area contributed by atoms with Gasteiger partial charge in [-0.15, -0.1) is 11.3 Å². The number of aryl methyl sites for hydroxylation is 1. The third kappa shape index (κ3) is 9.01. The van der Waals surface area contributed by atoms with Crippen LogP contribution in [-0.4, -0.2) is 52.4 Å². The zero-order valence-corrected chi connectivity index (χ0v) is 27.3. The van der Waals surface area contributed by atoms with Crippen molar-refractivity contribution in [2.75, 3.05) is 19.7 Å². The number of hydrogen-bond donors (Lipinski definition) is 1. The lowest BCUT2D eigenvalue weighted by molar-refractivity contribution is -0.132. The molecule has 0 aliphatic carbocycles. The van der Waals surface area contributed by atoms with Crippen molar-refractivity contribution in [3.05, 3.63) is 88.4 Å². The molecule has 0 bridgehead atoms. The van der Waals surface area contributed by atoms with Gasteiger partial charge in [-0.25, -0.2) is 9.97 Å². The Labute approximate surface area is 271 Å². The molecule has 1 aliphatic heterocycles. The van der Waals surface area contributed by atoms with E-state index in [1.807, 2.05) is 78.0 Å². The van der Waals surface area contributed by atoms with Gasteiger partial charge in [0.2, 0.25) is 5.91 Å². The Morgan fingerprint density at radius 1 is 0.844 bits per heavy atom. The molecular weight excluding hydrogens is 580 g/mol. The van der Waals surface area contributed by atoms with Crippen molar-refractivity contribution in [2.45, 2.75) is 77.7 Å². The lowest BCUT2D eigenvalue weighted by Crippen LogP contribution is -2.48. The first-order valence-electron chi connectivity index (χ1n) is 16.4. The fourth-order valence-electron chi connectivity index (χ4n) is 5.57. The summed E-state index contributed by atoms with van der Waals surface area (Å²) in [4.78, 5) is 39.4. The van der Waals surface area contributed by atoms with Gasteiger partial charge in [0.1, 0.15) is 11.8 Å². The number of aromatic nitrogens is 2. The first kappa shape index (κ1) is 32.4. The molecule has 1 saturated heterocycles. The molecule has 7 nitrogen and oxygen atoms in total. The number of ether oxygens (including phenoxy) is 1. The van der Waals surface area contributed by atoms with Gasteiger partial charge in [0.25, 0.3) is 5.91 Å². The minimum absolute atomic E-state index is 0.0156. The van der Waals surface area contributed by atoms with E-state index in [4.69, 9.17) is 4.74 Å². The van der Waals surface area contributed by atoms with Gasteiger partial charge in [0.05, 0.1) is 11.5 Å². The van der Waals surface area contributed by atoms with Gasteiger partial charge in [-0.1, -0.05) is 75.9 Å². The molecule has 1 atom stereocenters. The predicted molar refractivity (Wildman–Crippen MR) is 182 cm³/mol. The molecule has 1 unspecified atom stereocenters. The van der Waals surface area contributed by atoms with E-state index in [-0.39, 0.29) is 11.8 Å².